The topological polar surface area (TPSA) is 61.4 Å². The monoisotopic (exact) mass is 377 g/mol. The molecule has 1 heterocycles. The first-order chi connectivity index (χ1) is 12.0. The number of carbonyl (C=O) groups excluding carboxylic acids is 2. The molecule has 3 amide bonds. The number of carbonyl (C=O) groups is 2. The van der Waals surface area contributed by atoms with E-state index in [2.05, 4.69) is 10.6 Å². The third-order valence-electron chi connectivity index (χ3n) is 3.97. The molecule has 1 aliphatic heterocycles. The van der Waals surface area contributed by atoms with E-state index in [9.17, 15) is 9.59 Å². The Morgan fingerprint density at radius 3 is 2.64 bits per heavy atom. The summed E-state index contributed by atoms with van der Waals surface area (Å²) in [7, 11) is 0. The van der Waals surface area contributed by atoms with E-state index >= 15 is 0 Å². The second-order valence-electron chi connectivity index (χ2n) is 5.76. The maximum atomic E-state index is 12.3. The molecule has 1 fully saturated rings. The summed E-state index contributed by atoms with van der Waals surface area (Å²) in [5, 5.41) is 6.77. The summed E-state index contributed by atoms with van der Waals surface area (Å²) in [5.74, 6) is -0.202. The van der Waals surface area contributed by atoms with E-state index in [0.29, 0.717) is 28.7 Å². The highest BCUT2D eigenvalue weighted by Crippen LogP contribution is 2.22. The highest BCUT2D eigenvalue weighted by molar-refractivity contribution is 6.31. The van der Waals surface area contributed by atoms with Crippen molar-refractivity contribution >= 4 is 40.8 Å². The van der Waals surface area contributed by atoms with Crippen molar-refractivity contribution in [2.24, 2.45) is 0 Å². The van der Waals surface area contributed by atoms with Crippen LogP contribution in [0, 0.1) is 0 Å². The molecule has 25 heavy (non-hydrogen) atoms. The van der Waals surface area contributed by atoms with Crippen molar-refractivity contribution in [3.8, 4) is 0 Å². The van der Waals surface area contributed by atoms with Gasteiger partial charge in [-0.25, -0.2) is 4.79 Å². The molecule has 0 bridgehead atoms. The van der Waals surface area contributed by atoms with Gasteiger partial charge >= 0.3 is 6.03 Å². The van der Waals surface area contributed by atoms with Gasteiger partial charge in [0.15, 0.2) is 0 Å². The van der Waals surface area contributed by atoms with Crippen LogP contribution in [0.15, 0.2) is 48.5 Å². The van der Waals surface area contributed by atoms with Crippen LogP contribution in [-0.4, -0.2) is 31.1 Å². The van der Waals surface area contributed by atoms with Crippen molar-refractivity contribution in [3.05, 3.63) is 64.1 Å². The highest BCUT2D eigenvalue weighted by Gasteiger charge is 2.34. The lowest BCUT2D eigenvalue weighted by atomic mass is 10.1. The van der Waals surface area contributed by atoms with Gasteiger partial charge < -0.3 is 10.6 Å². The molecule has 0 spiro atoms. The zero-order chi connectivity index (χ0) is 17.8. The Labute approximate surface area is 155 Å². The van der Waals surface area contributed by atoms with Crippen LogP contribution in [-0.2, 0) is 11.2 Å². The molecule has 0 aromatic heterocycles. The second-order valence-corrected chi connectivity index (χ2v) is 6.63. The van der Waals surface area contributed by atoms with Crippen molar-refractivity contribution in [2.45, 2.75) is 12.5 Å². The van der Waals surface area contributed by atoms with Gasteiger partial charge in [0.05, 0.1) is 6.54 Å². The van der Waals surface area contributed by atoms with Gasteiger partial charge in [-0.1, -0.05) is 41.4 Å². The first kappa shape index (κ1) is 17.6. The molecule has 1 unspecified atom stereocenters. The fraction of sp³-hybridized carbons (Fsp3) is 0.222. The van der Waals surface area contributed by atoms with E-state index in [1.807, 2.05) is 24.3 Å². The quantitative estimate of drug-likeness (QED) is 0.839. The number of benzene rings is 2. The highest BCUT2D eigenvalue weighted by atomic mass is 35.5. The number of amides is 3. The molecule has 1 atom stereocenters. The van der Waals surface area contributed by atoms with E-state index in [1.165, 1.54) is 4.90 Å². The summed E-state index contributed by atoms with van der Waals surface area (Å²) in [6.45, 7) is 0.760. The Morgan fingerprint density at radius 1 is 1.16 bits per heavy atom. The summed E-state index contributed by atoms with van der Waals surface area (Å²) in [6.07, 6.45) is 0.696. The van der Waals surface area contributed by atoms with Crippen LogP contribution in [0.3, 0.4) is 0 Å². The van der Waals surface area contributed by atoms with Crippen molar-refractivity contribution in [3.63, 3.8) is 0 Å². The predicted molar refractivity (Wildman–Crippen MR) is 99.3 cm³/mol. The van der Waals surface area contributed by atoms with Crippen molar-refractivity contribution in [2.75, 3.05) is 18.0 Å². The van der Waals surface area contributed by atoms with Gasteiger partial charge in [-0.05, 0) is 42.3 Å². The minimum atomic E-state index is -0.586. The SMILES string of the molecule is O=C(NCCc1ccc(Cl)cc1)C1CN(c2cccc(Cl)c2)C(=O)N1. The van der Waals surface area contributed by atoms with Crippen LogP contribution in [0.5, 0.6) is 0 Å². The summed E-state index contributed by atoms with van der Waals surface area (Å²) in [4.78, 5) is 25.9. The molecule has 5 nitrogen and oxygen atoms in total. The Morgan fingerprint density at radius 2 is 1.92 bits per heavy atom. The van der Waals surface area contributed by atoms with Crippen molar-refractivity contribution in [1.29, 1.82) is 0 Å². The Hall–Kier alpha value is -2.24. The molecule has 3 rings (SSSR count). The van der Waals surface area contributed by atoms with Crippen LogP contribution in [0.2, 0.25) is 10.0 Å². The lowest BCUT2D eigenvalue weighted by Gasteiger charge is -2.15. The van der Waals surface area contributed by atoms with Crippen LogP contribution in [0.4, 0.5) is 10.5 Å². The number of hydrogen-bond donors (Lipinski definition) is 2. The number of urea groups is 1. The zero-order valence-corrected chi connectivity index (χ0v) is 14.8. The number of hydrogen-bond acceptors (Lipinski definition) is 2. The molecule has 7 heteroatoms. The average Bonchev–Trinajstić information content (AvgIpc) is 2.98. The van der Waals surface area contributed by atoms with Crippen LogP contribution in [0.1, 0.15) is 5.56 Å². The van der Waals surface area contributed by atoms with Gasteiger partial charge in [0.1, 0.15) is 6.04 Å². The number of halogens is 2. The van der Waals surface area contributed by atoms with E-state index < -0.39 is 6.04 Å². The maximum Gasteiger partial charge on any atom is 0.322 e. The second kappa shape index (κ2) is 7.76. The summed E-state index contributed by atoms with van der Waals surface area (Å²) >= 11 is 11.8. The van der Waals surface area contributed by atoms with Crippen molar-refractivity contribution < 1.29 is 9.59 Å². The number of nitrogens with one attached hydrogen (secondary N) is 2. The Kier molecular flexibility index (Phi) is 5.46. The van der Waals surface area contributed by atoms with E-state index in [0.717, 1.165) is 5.56 Å². The van der Waals surface area contributed by atoms with Gasteiger partial charge in [-0.15, -0.1) is 0 Å². The molecular weight excluding hydrogens is 361 g/mol. The fourth-order valence-corrected chi connectivity index (χ4v) is 2.97. The van der Waals surface area contributed by atoms with Gasteiger partial charge in [0, 0.05) is 22.3 Å². The van der Waals surface area contributed by atoms with Gasteiger partial charge in [-0.2, -0.15) is 0 Å². The van der Waals surface area contributed by atoms with Gasteiger partial charge in [0.25, 0.3) is 0 Å². The standard InChI is InChI=1S/C18H17Cl2N3O2/c19-13-6-4-12(5-7-13)8-9-21-17(24)16-11-23(18(25)22-16)15-3-1-2-14(20)10-15/h1-7,10,16H,8-9,11H2,(H,21,24)(H,22,25). The third-order valence-corrected chi connectivity index (χ3v) is 4.46. The average molecular weight is 378 g/mol. The minimum Gasteiger partial charge on any atom is -0.354 e. The molecular formula is C18H17Cl2N3O2. The van der Waals surface area contributed by atoms with Crippen LogP contribution < -0.4 is 15.5 Å². The maximum absolute atomic E-state index is 12.3. The first-order valence-corrected chi connectivity index (χ1v) is 8.64. The molecule has 2 N–H and O–H groups in total. The fourth-order valence-electron chi connectivity index (χ4n) is 2.66. The van der Waals surface area contributed by atoms with E-state index in [1.54, 1.807) is 24.3 Å². The number of anilines is 1. The third kappa shape index (κ3) is 4.44. The molecule has 0 saturated carbocycles. The minimum absolute atomic E-state index is 0.202. The lowest BCUT2D eigenvalue weighted by Crippen LogP contribution is -2.43. The van der Waals surface area contributed by atoms with Crippen LogP contribution >= 0.6 is 23.2 Å². The zero-order valence-electron chi connectivity index (χ0n) is 13.3. The summed E-state index contributed by atoms with van der Waals surface area (Å²) in [5.41, 5.74) is 1.75. The molecule has 2 aromatic rings. The first-order valence-electron chi connectivity index (χ1n) is 7.89. The van der Waals surface area contributed by atoms with E-state index in [4.69, 9.17) is 23.2 Å². The molecule has 1 saturated heterocycles. The summed E-state index contributed by atoms with van der Waals surface area (Å²) in [6, 6.07) is 13.6. The van der Waals surface area contributed by atoms with E-state index in [-0.39, 0.29) is 18.5 Å². The molecule has 2 aromatic carbocycles. The number of nitrogens with zero attached hydrogens (tertiary/aromatic N) is 1. The molecule has 0 radical (unpaired) electrons. The predicted octanol–water partition coefficient (Wildman–Crippen LogP) is 3.25. The Balaban J connectivity index is 1.53. The van der Waals surface area contributed by atoms with Crippen molar-refractivity contribution in [1.82, 2.24) is 10.6 Å². The lowest BCUT2D eigenvalue weighted by molar-refractivity contribution is -0.122. The smallest absolute Gasteiger partial charge is 0.322 e. The molecule has 1 aliphatic rings. The molecule has 0 aliphatic carbocycles. The normalized spacial score (nSPS) is 16.6. The molecule has 130 valence electrons. The summed E-state index contributed by atoms with van der Waals surface area (Å²) < 4.78 is 0. The van der Waals surface area contributed by atoms with Gasteiger partial charge in [0.2, 0.25) is 5.91 Å². The van der Waals surface area contributed by atoms with Gasteiger partial charge in [-0.3, -0.25) is 9.69 Å². The van der Waals surface area contributed by atoms with Crippen LogP contribution in [0.25, 0.3) is 0 Å². The number of rotatable bonds is 5. The Bertz CT molecular complexity index is 780. The largest absolute Gasteiger partial charge is 0.354 e.